The van der Waals surface area contributed by atoms with Crippen LogP contribution in [-0.4, -0.2) is 74.0 Å². The molecule has 0 bridgehead atoms. The van der Waals surface area contributed by atoms with Gasteiger partial charge in [0.2, 0.25) is 5.95 Å². The van der Waals surface area contributed by atoms with Crippen LogP contribution in [0.2, 0.25) is 0 Å². The first kappa shape index (κ1) is 36.2. The summed E-state index contributed by atoms with van der Waals surface area (Å²) in [5.74, 6) is -7.06. The van der Waals surface area contributed by atoms with Gasteiger partial charge >= 0.3 is 24.4 Å². The molecule has 20 heteroatoms. The third kappa shape index (κ3) is 6.63. The molecule has 2 aromatic heterocycles. The molecular weight excluding hydrogens is 719 g/mol. The number of aryl methyl sites for hydroxylation is 1. The van der Waals surface area contributed by atoms with Crippen LogP contribution >= 0.6 is 0 Å². The quantitative estimate of drug-likeness (QED) is 0.189. The molecule has 2 fully saturated rings. The van der Waals surface area contributed by atoms with Gasteiger partial charge in [-0.05, 0) is 37.6 Å². The lowest BCUT2D eigenvalue weighted by Gasteiger charge is -2.38. The Bertz CT molecular complexity index is 2080. The van der Waals surface area contributed by atoms with Crippen LogP contribution in [0, 0.1) is 12.7 Å². The van der Waals surface area contributed by atoms with Crippen LogP contribution in [0.3, 0.4) is 0 Å². The fourth-order valence-electron chi connectivity index (χ4n) is 6.10. The van der Waals surface area contributed by atoms with Crippen LogP contribution in [0.1, 0.15) is 51.5 Å². The van der Waals surface area contributed by atoms with E-state index in [0.29, 0.717) is 12.3 Å². The fraction of sp³-hybridized carbons (Fsp3) is 0.344. The minimum Gasteiger partial charge on any atom is -0.493 e. The highest BCUT2D eigenvalue weighted by atomic mass is 19.4. The van der Waals surface area contributed by atoms with Gasteiger partial charge in [-0.3, -0.25) is 4.90 Å². The Morgan fingerprint density at radius 1 is 1.04 bits per heavy atom. The van der Waals surface area contributed by atoms with Crippen molar-refractivity contribution in [3.8, 4) is 22.6 Å². The summed E-state index contributed by atoms with van der Waals surface area (Å²) in [6.07, 6.45) is -10.7. The number of alkyl halides is 8. The molecule has 276 valence electrons. The van der Waals surface area contributed by atoms with E-state index in [9.17, 15) is 49.8 Å². The second-order valence-corrected chi connectivity index (χ2v) is 12.2. The third-order valence-electron chi connectivity index (χ3n) is 8.49. The lowest BCUT2D eigenvalue weighted by atomic mass is 9.98. The zero-order valence-corrected chi connectivity index (χ0v) is 27.0. The van der Waals surface area contributed by atoms with E-state index in [-0.39, 0.29) is 38.6 Å². The normalized spacial score (nSPS) is 18.7. The zero-order chi connectivity index (χ0) is 38.1. The lowest BCUT2D eigenvalue weighted by molar-refractivity contribution is -0.143. The number of ether oxygens (including phenoxy) is 2. The highest BCUT2D eigenvalue weighted by Gasteiger charge is 2.46. The molecule has 2 aliphatic heterocycles. The van der Waals surface area contributed by atoms with E-state index in [1.54, 1.807) is 0 Å². The molecule has 1 amide bonds. The molecule has 4 aromatic rings. The van der Waals surface area contributed by atoms with E-state index in [0.717, 1.165) is 41.3 Å². The first-order chi connectivity index (χ1) is 24.2. The fourth-order valence-corrected chi connectivity index (χ4v) is 6.10. The highest BCUT2D eigenvalue weighted by molar-refractivity contribution is 5.89. The molecule has 0 aliphatic carbocycles. The number of halogens is 9. The second-order valence-electron chi connectivity index (χ2n) is 12.2. The summed E-state index contributed by atoms with van der Waals surface area (Å²) in [6, 6.07) is 3.77. The van der Waals surface area contributed by atoms with Gasteiger partial charge < -0.3 is 19.5 Å². The highest BCUT2D eigenvalue weighted by Crippen LogP contribution is 2.42. The van der Waals surface area contributed by atoms with Gasteiger partial charge in [0.15, 0.2) is 17.3 Å². The number of hydrogen-bond donors (Lipinski definition) is 1. The Kier molecular flexibility index (Phi) is 8.77. The number of cyclic esters (lactones) is 1. The third-order valence-corrected chi connectivity index (χ3v) is 8.49. The van der Waals surface area contributed by atoms with Crippen molar-refractivity contribution in [2.45, 2.75) is 50.8 Å². The van der Waals surface area contributed by atoms with E-state index < -0.39 is 96.2 Å². The number of rotatable bonds is 8. The molecule has 2 atom stereocenters. The number of carboxylic acids is 1. The molecule has 6 rings (SSSR count). The van der Waals surface area contributed by atoms with Crippen LogP contribution in [0.5, 0.6) is 5.75 Å². The molecule has 0 spiro atoms. The topological polar surface area (TPSA) is 123 Å². The van der Waals surface area contributed by atoms with Gasteiger partial charge in [-0.25, -0.2) is 37.4 Å². The molecule has 1 N–H and O–H groups in total. The standard InChI is InChI=1S/C32H25F9N6O5/c1-14-4-16(6-17(5-14)31(36,37)38)24-15(2)46(29(50)52-24)11-23-20(9-42-28(44-23)45-12-30(34,35)13-45)19-7-18(8-22(33)25(19)51-3)47-26(32(39,40)41)21(10-43-47)27(48)49/h4-10,15,24H,11-13H2,1-3H3,(H,48,49)/t15-,24-/m0/s1. The molecule has 0 unspecified atom stereocenters. The van der Waals surface area contributed by atoms with E-state index in [1.807, 2.05) is 0 Å². The molecule has 2 saturated heterocycles. The average Bonchev–Trinajstić information content (AvgIpc) is 3.61. The molecular formula is C32H25F9N6O5. The molecule has 4 heterocycles. The zero-order valence-electron chi connectivity index (χ0n) is 27.0. The SMILES string of the molecule is COc1c(F)cc(-n2ncc(C(=O)O)c2C(F)(F)F)cc1-c1cnc(N2CC(F)(F)C2)nc1CN1C(=O)O[C@H](c2cc(C)cc(C(F)(F)F)c2)[C@@H]1C. The maximum Gasteiger partial charge on any atom is 0.434 e. The first-order valence-corrected chi connectivity index (χ1v) is 15.1. The number of carbonyl (C=O) groups excluding carboxylic acids is 1. The van der Waals surface area contributed by atoms with E-state index in [1.165, 1.54) is 19.9 Å². The van der Waals surface area contributed by atoms with E-state index >= 15 is 4.39 Å². The molecule has 2 aliphatic rings. The van der Waals surface area contributed by atoms with E-state index in [4.69, 9.17) is 9.47 Å². The predicted molar refractivity (Wildman–Crippen MR) is 161 cm³/mol. The van der Waals surface area contributed by atoms with Crippen molar-refractivity contribution in [2.75, 3.05) is 25.1 Å². The van der Waals surface area contributed by atoms with Crippen molar-refractivity contribution in [1.29, 1.82) is 0 Å². The van der Waals surface area contributed by atoms with Crippen LogP contribution in [0.4, 0.5) is 50.3 Å². The monoisotopic (exact) mass is 744 g/mol. The van der Waals surface area contributed by atoms with Gasteiger partial charge in [0, 0.05) is 23.4 Å². The number of methoxy groups -OCH3 is 1. The van der Waals surface area contributed by atoms with Crippen molar-refractivity contribution < 1.29 is 63.7 Å². The molecule has 52 heavy (non-hydrogen) atoms. The molecule has 11 nitrogen and oxygen atoms in total. The molecule has 0 radical (unpaired) electrons. The van der Waals surface area contributed by atoms with Crippen LogP contribution < -0.4 is 9.64 Å². The van der Waals surface area contributed by atoms with Gasteiger partial charge in [-0.15, -0.1) is 0 Å². The minimum atomic E-state index is -5.27. The maximum atomic E-state index is 15.6. The summed E-state index contributed by atoms with van der Waals surface area (Å²) in [7, 11) is 1.04. The first-order valence-electron chi connectivity index (χ1n) is 15.1. The largest absolute Gasteiger partial charge is 0.493 e. The number of aromatic nitrogens is 4. The van der Waals surface area contributed by atoms with Gasteiger partial charge in [-0.2, -0.15) is 31.4 Å². The average molecular weight is 745 g/mol. The summed E-state index contributed by atoms with van der Waals surface area (Å²) in [4.78, 5) is 35.4. The predicted octanol–water partition coefficient (Wildman–Crippen LogP) is 7.06. The number of carbonyl (C=O) groups is 2. The Hall–Kier alpha value is -5.56. The summed E-state index contributed by atoms with van der Waals surface area (Å²) >= 11 is 0. The maximum absolute atomic E-state index is 15.6. The van der Waals surface area contributed by atoms with Crippen molar-refractivity contribution in [3.63, 3.8) is 0 Å². The Morgan fingerprint density at radius 3 is 2.33 bits per heavy atom. The van der Waals surface area contributed by atoms with Crippen LogP contribution in [0.25, 0.3) is 16.8 Å². The van der Waals surface area contributed by atoms with Crippen LogP contribution in [-0.2, 0) is 23.6 Å². The Morgan fingerprint density at radius 2 is 1.73 bits per heavy atom. The number of amides is 1. The number of benzene rings is 2. The number of aromatic carboxylic acids is 1. The second kappa shape index (κ2) is 12.6. The van der Waals surface area contributed by atoms with Crippen molar-refractivity contribution in [3.05, 3.63) is 82.2 Å². The van der Waals surface area contributed by atoms with Crippen molar-refractivity contribution in [2.24, 2.45) is 0 Å². The number of hydrogen-bond acceptors (Lipinski definition) is 8. The van der Waals surface area contributed by atoms with Gasteiger partial charge in [0.05, 0.1) is 55.9 Å². The summed E-state index contributed by atoms with van der Waals surface area (Å²) in [5, 5.41) is 12.9. The van der Waals surface area contributed by atoms with Gasteiger partial charge in [0.1, 0.15) is 11.7 Å². The van der Waals surface area contributed by atoms with Crippen LogP contribution in [0.15, 0.2) is 42.7 Å². The number of carboxylic acid groups (broad SMARTS) is 1. The van der Waals surface area contributed by atoms with Crippen molar-refractivity contribution >= 4 is 18.0 Å². The summed E-state index contributed by atoms with van der Waals surface area (Å²) in [6.45, 7) is 0.820. The molecule has 0 saturated carbocycles. The lowest BCUT2D eigenvalue weighted by Crippen LogP contribution is -2.57. The summed E-state index contributed by atoms with van der Waals surface area (Å²) in [5.41, 5.74) is -4.92. The van der Waals surface area contributed by atoms with E-state index in [2.05, 4.69) is 15.1 Å². The van der Waals surface area contributed by atoms with Gasteiger partial charge in [-0.1, -0.05) is 11.6 Å². The minimum absolute atomic E-state index is 0.0268. The summed E-state index contributed by atoms with van der Waals surface area (Å²) < 4.78 is 137. The number of nitrogens with zero attached hydrogens (tertiary/aromatic N) is 6. The van der Waals surface area contributed by atoms with Gasteiger partial charge in [0.25, 0.3) is 5.92 Å². The van der Waals surface area contributed by atoms with Crippen molar-refractivity contribution in [1.82, 2.24) is 24.6 Å². The smallest absolute Gasteiger partial charge is 0.434 e. The molecule has 2 aromatic carbocycles. The Balaban J connectivity index is 1.46. The number of anilines is 1. The Labute approximate surface area is 287 Å².